The van der Waals surface area contributed by atoms with Crippen molar-refractivity contribution in [1.82, 2.24) is 10.2 Å². The minimum Gasteiger partial charge on any atom is -0.352 e. The van der Waals surface area contributed by atoms with Crippen LogP contribution in [0.4, 0.5) is 0 Å². The maximum absolute atomic E-state index is 12.3. The number of hydrogen-bond donors (Lipinski definition) is 2. The fraction of sp³-hybridized carbons (Fsp3) is 0.938. The fourth-order valence-electron chi connectivity index (χ4n) is 3.28. The highest BCUT2D eigenvalue weighted by Gasteiger charge is 2.32. The third kappa shape index (κ3) is 4.74. The summed E-state index contributed by atoms with van der Waals surface area (Å²) < 4.78 is 0. The molecule has 0 aromatic carbocycles. The lowest BCUT2D eigenvalue weighted by molar-refractivity contribution is -0.128. The van der Waals surface area contributed by atoms with Crippen LogP contribution in [0.1, 0.15) is 59.8 Å². The smallest absolute Gasteiger partial charge is 0.237 e. The van der Waals surface area contributed by atoms with Gasteiger partial charge in [-0.05, 0) is 45.6 Å². The number of amides is 1. The molecule has 1 saturated heterocycles. The van der Waals surface area contributed by atoms with Crippen LogP contribution in [0.2, 0.25) is 0 Å². The first kappa shape index (κ1) is 17.4. The molecule has 1 rings (SSSR count). The van der Waals surface area contributed by atoms with Crippen molar-refractivity contribution in [2.24, 2.45) is 11.7 Å². The van der Waals surface area contributed by atoms with E-state index in [0.717, 1.165) is 31.7 Å². The van der Waals surface area contributed by atoms with Gasteiger partial charge in [0.2, 0.25) is 5.91 Å². The van der Waals surface area contributed by atoms with Gasteiger partial charge in [0.05, 0.1) is 6.04 Å². The normalized spacial score (nSPS) is 27.1. The molecule has 118 valence electrons. The molecule has 4 nitrogen and oxygen atoms in total. The Morgan fingerprint density at radius 3 is 2.65 bits per heavy atom. The minimum atomic E-state index is -0.0688. The zero-order valence-corrected chi connectivity index (χ0v) is 13.7. The molecular weight excluding hydrogens is 250 g/mol. The predicted octanol–water partition coefficient (Wildman–Crippen LogP) is 2.13. The maximum atomic E-state index is 12.3. The first-order valence-electron chi connectivity index (χ1n) is 8.29. The summed E-state index contributed by atoms with van der Waals surface area (Å²) in [6.07, 6.45) is 5.68. The van der Waals surface area contributed by atoms with Gasteiger partial charge in [-0.1, -0.05) is 26.7 Å². The Bertz CT molecular complexity index is 295. The molecule has 4 unspecified atom stereocenters. The van der Waals surface area contributed by atoms with Crippen LogP contribution < -0.4 is 11.1 Å². The van der Waals surface area contributed by atoms with E-state index in [1.165, 1.54) is 12.8 Å². The molecule has 0 bridgehead atoms. The van der Waals surface area contributed by atoms with Crippen molar-refractivity contribution in [3.8, 4) is 0 Å². The Morgan fingerprint density at radius 1 is 1.40 bits per heavy atom. The van der Waals surface area contributed by atoms with Gasteiger partial charge in [-0.2, -0.15) is 0 Å². The highest BCUT2D eigenvalue weighted by Crippen LogP contribution is 2.26. The molecule has 1 amide bonds. The summed E-state index contributed by atoms with van der Waals surface area (Å²) in [6.45, 7) is 10.1. The Kier molecular flexibility index (Phi) is 7.52. The lowest BCUT2D eigenvalue weighted by Gasteiger charge is -2.41. The Balaban J connectivity index is 2.56. The summed E-state index contributed by atoms with van der Waals surface area (Å²) in [5, 5.41) is 3.13. The molecular formula is C16H33N3O. The first-order chi connectivity index (χ1) is 9.53. The standard InChI is InChI=1S/C16H33N3O/c1-5-7-12(3)18-16(20)13(4)19-9-8-14(6-2)10-15(19)11-17/h12-15H,5-11,17H2,1-4H3,(H,18,20). The summed E-state index contributed by atoms with van der Waals surface area (Å²) in [6, 6.07) is 0.552. The van der Waals surface area contributed by atoms with Crippen molar-refractivity contribution in [3.05, 3.63) is 0 Å². The summed E-state index contributed by atoms with van der Waals surface area (Å²) in [7, 11) is 0. The second kappa shape index (κ2) is 8.63. The van der Waals surface area contributed by atoms with Crippen LogP contribution in [-0.4, -0.2) is 42.0 Å². The lowest BCUT2D eigenvalue weighted by Crippen LogP contribution is -2.56. The van der Waals surface area contributed by atoms with Crippen molar-refractivity contribution in [1.29, 1.82) is 0 Å². The molecule has 4 heteroatoms. The molecule has 3 N–H and O–H groups in total. The molecule has 0 aliphatic carbocycles. The highest BCUT2D eigenvalue weighted by atomic mass is 16.2. The lowest BCUT2D eigenvalue weighted by atomic mass is 9.88. The van der Waals surface area contributed by atoms with E-state index in [-0.39, 0.29) is 18.0 Å². The molecule has 1 fully saturated rings. The minimum absolute atomic E-state index is 0.0688. The van der Waals surface area contributed by atoms with Gasteiger partial charge in [0.15, 0.2) is 0 Å². The number of nitrogens with two attached hydrogens (primary N) is 1. The molecule has 0 radical (unpaired) electrons. The zero-order chi connectivity index (χ0) is 15.1. The van der Waals surface area contributed by atoms with Crippen molar-refractivity contribution >= 4 is 5.91 Å². The van der Waals surface area contributed by atoms with E-state index in [1.807, 2.05) is 6.92 Å². The van der Waals surface area contributed by atoms with Crippen molar-refractivity contribution < 1.29 is 4.79 Å². The molecule has 0 saturated carbocycles. The summed E-state index contributed by atoms with van der Waals surface area (Å²) in [5.74, 6) is 0.924. The molecule has 4 atom stereocenters. The Morgan fingerprint density at radius 2 is 2.10 bits per heavy atom. The number of hydrogen-bond acceptors (Lipinski definition) is 3. The van der Waals surface area contributed by atoms with Gasteiger partial charge in [0.1, 0.15) is 0 Å². The second-order valence-corrected chi connectivity index (χ2v) is 6.30. The maximum Gasteiger partial charge on any atom is 0.237 e. The summed E-state index contributed by atoms with van der Waals surface area (Å²) in [4.78, 5) is 14.7. The van der Waals surface area contributed by atoms with E-state index in [9.17, 15) is 4.79 Å². The van der Waals surface area contributed by atoms with Crippen LogP contribution in [-0.2, 0) is 4.79 Å². The quantitative estimate of drug-likeness (QED) is 0.752. The van der Waals surface area contributed by atoms with E-state index >= 15 is 0 Å². The first-order valence-corrected chi connectivity index (χ1v) is 8.29. The van der Waals surface area contributed by atoms with Crippen LogP contribution >= 0.6 is 0 Å². The SMILES string of the molecule is CCCC(C)NC(=O)C(C)N1CCC(CC)CC1CN. The topological polar surface area (TPSA) is 58.4 Å². The number of nitrogens with one attached hydrogen (secondary N) is 1. The average Bonchev–Trinajstić information content (AvgIpc) is 2.45. The largest absolute Gasteiger partial charge is 0.352 e. The van der Waals surface area contributed by atoms with E-state index in [2.05, 4.69) is 31.0 Å². The molecule has 1 aliphatic heterocycles. The van der Waals surface area contributed by atoms with Crippen molar-refractivity contribution in [2.45, 2.75) is 77.9 Å². The van der Waals surface area contributed by atoms with Gasteiger partial charge >= 0.3 is 0 Å². The molecule has 0 aromatic heterocycles. The summed E-state index contributed by atoms with van der Waals surface area (Å²) >= 11 is 0. The third-order valence-electron chi connectivity index (χ3n) is 4.71. The number of carbonyl (C=O) groups is 1. The van der Waals surface area contributed by atoms with Crippen LogP contribution in [0.25, 0.3) is 0 Å². The molecule has 1 heterocycles. The number of rotatable bonds is 7. The third-order valence-corrected chi connectivity index (χ3v) is 4.71. The van der Waals surface area contributed by atoms with Gasteiger partial charge in [-0.15, -0.1) is 0 Å². The molecule has 1 aliphatic rings. The van der Waals surface area contributed by atoms with E-state index in [4.69, 9.17) is 5.73 Å². The van der Waals surface area contributed by atoms with Crippen LogP contribution in [0.3, 0.4) is 0 Å². The Labute approximate surface area is 124 Å². The average molecular weight is 283 g/mol. The predicted molar refractivity (Wildman–Crippen MR) is 84.5 cm³/mol. The van der Waals surface area contributed by atoms with Crippen molar-refractivity contribution in [2.75, 3.05) is 13.1 Å². The molecule has 0 aromatic rings. The second-order valence-electron chi connectivity index (χ2n) is 6.30. The number of likely N-dealkylation sites (tertiary alicyclic amines) is 1. The van der Waals surface area contributed by atoms with Gasteiger partial charge in [0, 0.05) is 18.6 Å². The highest BCUT2D eigenvalue weighted by molar-refractivity contribution is 5.81. The van der Waals surface area contributed by atoms with Crippen LogP contribution in [0.5, 0.6) is 0 Å². The van der Waals surface area contributed by atoms with Gasteiger partial charge in [0.25, 0.3) is 0 Å². The van der Waals surface area contributed by atoms with E-state index in [0.29, 0.717) is 12.6 Å². The Hall–Kier alpha value is -0.610. The number of carbonyl (C=O) groups excluding carboxylic acids is 1. The van der Waals surface area contributed by atoms with Gasteiger partial charge in [-0.3, -0.25) is 9.69 Å². The number of nitrogens with zero attached hydrogens (tertiary/aromatic N) is 1. The van der Waals surface area contributed by atoms with Gasteiger partial charge in [-0.25, -0.2) is 0 Å². The fourth-order valence-corrected chi connectivity index (χ4v) is 3.28. The number of piperidine rings is 1. The summed E-state index contributed by atoms with van der Waals surface area (Å²) in [5.41, 5.74) is 5.92. The van der Waals surface area contributed by atoms with E-state index < -0.39 is 0 Å². The van der Waals surface area contributed by atoms with E-state index in [1.54, 1.807) is 0 Å². The molecule has 0 spiro atoms. The zero-order valence-electron chi connectivity index (χ0n) is 13.7. The molecule has 20 heavy (non-hydrogen) atoms. The van der Waals surface area contributed by atoms with Gasteiger partial charge < -0.3 is 11.1 Å². The monoisotopic (exact) mass is 283 g/mol. The van der Waals surface area contributed by atoms with Crippen molar-refractivity contribution in [3.63, 3.8) is 0 Å². The van der Waals surface area contributed by atoms with Crippen LogP contribution in [0.15, 0.2) is 0 Å². The van der Waals surface area contributed by atoms with Crippen LogP contribution in [0, 0.1) is 5.92 Å².